The van der Waals surface area contributed by atoms with Gasteiger partial charge in [0.25, 0.3) is 0 Å². The first-order valence-electron chi connectivity index (χ1n) is 7.53. The van der Waals surface area contributed by atoms with Crippen molar-refractivity contribution in [3.8, 4) is 0 Å². The number of carboxylic acid groups (broad SMARTS) is 1. The van der Waals surface area contributed by atoms with Crippen LogP contribution >= 0.6 is 0 Å². The number of aliphatic hydroxyl groups excluding tert-OH is 1. The molecule has 0 aliphatic heterocycles. The van der Waals surface area contributed by atoms with Crippen molar-refractivity contribution in [1.82, 2.24) is 10.6 Å². The van der Waals surface area contributed by atoms with Crippen LogP contribution in [0.25, 0.3) is 0 Å². The second-order valence-corrected chi connectivity index (χ2v) is 5.95. The molecule has 0 aromatic rings. The van der Waals surface area contributed by atoms with Gasteiger partial charge in [0.2, 0.25) is 0 Å². The molecule has 4 unspecified atom stereocenters. The van der Waals surface area contributed by atoms with Crippen LogP contribution in [0.1, 0.15) is 44.9 Å². The van der Waals surface area contributed by atoms with Gasteiger partial charge in [0.15, 0.2) is 0 Å². The smallest absolute Gasteiger partial charge is 0.315 e. The number of rotatable bonds is 4. The van der Waals surface area contributed by atoms with Crippen LogP contribution in [0.4, 0.5) is 4.79 Å². The summed E-state index contributed by atoms with van der Waals surface area (Å²) in [5.41, 5.74) is 0. The lowest BCUT2D eigenvalue weighted by atomic mass is 9.93. The molecule has 6 nitrogen and oxygen atoms in total. The monoisotopic (exact) mass is 284 g/mol. The minimum atomic E-state index is -0.766. The summed E-state index contributed by atoms with van der Waals surface area (Å²) >= 11 is 0. The first-order valence-corrected chi connectivity index (χ1v) is 7.53. The van der Waals surface area contributed by atoms with E-state index < -0.39 is 12.1 Å². The Kier molecular flexibility index (Phi) is 5.23. The number of carbonyl (C=O) groups is 2. The number of carboxylic acids is 1. The molecule has 0 aromatic heterocycles. The standard InChI is InChI=1S/C14H24N2O4/c17-12-7-2-1-6-11(12)16-14(20)15-8-9-4-3-5-10(9)13(18)19/h9-12,17H,1-8H2,(H,18,19)(H2,15,16,20). The molecule has 0 spiro atoms. The quantitative estimate of drug-likeness (QED) is 0.621. The van der Waals surface area contributed by atoms with Crippen LogP contribution in [0.3, 0.4) is 0 Å². The zero-order chi connectivity index (χ0) is 14.5. The van der Waals surface area contributed by atoms with E-state index in [2.05, 4.69) is 10.6 Å². The first kappa shape index (κ1) is 15.1. The second kappa shape index (κ2) is 6.92. The summed E-state index contributed by atoms with van der Waals surface area (Å²) < 4.78 is 0. The van der Waals surface area contributed by atoms with Gasteiger partial charge in [-0.25, -0.2) is 4.79 Å². The van der Waals surface area contributed by atoms with Gasteiger partial charge in [-0.05, 0) is 31.6 Å². The van der Waals surface area contributed by atoms with Crippen LogP contribution in [-0.2, 0) is 4.79 Å². The van der Waals surface area contributed by atoms with Crippen LogP contribution in [-0.4, -0.2) is 40.9 Å². The summed E-state index contributed by atoms with van der Waals surface area (Å²) in [5.74, 6) is -1.08. The highest BCUT2D eigenvalue weighted by Gasteiger charge is 2.33. The average molecular weight is 284 g/mol. The Labute approximate surface area is 118 Å². The molecule has 6 heteroatoms. The van der Waals surface area contributed by atoms with E-state index in [-0.39, 0.29) is 23.9 Å². The first-order chi connectivity index (χ1) is 9.58. The van der Waals surface area contributed by atoms with Gasteiger partial charge < -0.3 is 20.8 Å². The molecule has 114 valence electrons. The summed E-state index contributed by atoms with van der Waals surface area (Å²) in [5, 5.41) is 24.4. The number of amides is 2. The summed E-state index contributed by atoms with van der Waals surface area (Å²) in [7, 11) is 0. The molecule has 0 saturated heterocycles. The average Bonchev–Trinajstić information content (AvgIpc) is 2.88. The number of urea groups is 1. The molecular formula is C14H24N2O4. The molecule has 0 aromatic carbocycles. The number of carbonyl (C=O) groups excluding carboxylic acids is 1. The maximum absolute atomic E-state index is 11.8. The Balaban J connectivity index is 1.73. The third-order valence-corrected chi connectivity index (χ3v) is 4.55. The van der Waals surface area contributed by atoms with E-state index in [9.17, 15) is 14.7 Å². The lowest BCUT2D eigenvalue weighted by Crippen LogP contribution is -2.50. The Hall–Kier alpha value is -1.30. The molecule has 2 aliphatic rings. The van der Waals surface area contributed by atoms with Crippen molar-refractivity contribution in [2.75, 3.05) is 6.54 Å². The van der Waals surface area contributed by atoms with Crippen molar-refractivity contribution in [2.45, 2.75) is 57.1 Å². The van der Waals surface area contributed by atoms with Crippen molar-refractivity contribution in [3.05, 3.63) is 0 Å². The van der Waals surface area contributed by atoms with Crippen molar-refractivity contribution in [1.29, 1.82) is 0 Å². The summed E-state index contributed by atoms with van der Waals surface area (Å²) in [6.07, 6.45) is 5.55. The Morgan fingerprint density at radius 2 is 1.80 bits per heavy atom. The molecule has 0 bridgehead atoms. The second-order valence-electron chi connectivity index (χ2n) is 5.95. The maximum Gasteiger partial charge on any atom is 0.315 e. The van der Waals surface area contributed by atoms with Gasteiger partial charge in [-0.1, -0.05) is 19.3 Å². The number of hydrogen-bond donors (Lipinski definition) is 4. The normalized spacial score (nSPS) is 33.6. The van der Waals surface area contributed by atoms with Crippen LogP contribution in [0.5, 0.6) is 0 Å². The third kappa shape index (κ3) is 3.85. The molecule has 2 rings (SSSR count). The van der Waals surface area contributed by atoms with E-state index in [1.54, 1.807) is 0 Å². The maximum atomic E-state index is 11.8. The third-order valence-electron chi connectivity index (χ3n) is 4.55. The predicted molar refractivity (Wildman–Crippen MR) is 73.3 cm³/mol. The van der Waals surface area contributed by atoms with Gasteiger partial charge >= 0.3 is 12.0 Å². The van der Waals surface area contributed by atoms with Crippen molar-refractivity contribution >= 4 is 12.0 Å². The van der Waals surface area contributed by atoms with Crippen molar-refractivity contribution in [2.24, 2.45) is 11.8 Å². The van der Waals surface area contributed by atoms with Gasteiger partial charge in [-0.2, -0.15) is 0 Å². The fourth-order valence-electron chi connectivity index (χ4n) is 3.33. The zero-order valence-corrected chi connectivity index (χ0v) is 11.7. The molecule has 0 heterocycles. The largest absolute Gasteiger partial charge is 0.481 e. The van der Waals surface area contributed by atoms with E-state index in [0.717, 1.165) is 38.5 Å². The minimum Gasteiger partial charge on any atom is -0.481 e. The van der Waals surface area contributed by atoms with Crippen LogP contribution < -0.4 is 10.6 Å². The van der Waals surface area contributed by atoms with Gasteiger partial charge in [0.1, 0.15) is 0 Å². The highest BCUT2D eigenvalue weighted by molar-refractivity contribution is 5.74. The Morgan fingerprint density at radius 1 is 1.05 bits per heavy atom. The fraction of sp³-hybridized carbons (Fsp3) is 0.857. The van der Waals surface area contributed by atoms with E-state index in [1.807, 2.05) is 0 Å². The van der Waals surface area contributed by atoms with Crippen LogP contribution in [0.2, 0.25) is 0 Å². The molecule has 4 atom stereocenters. The predicted octanol–water partition coefficient (Wildman–Crippen LogP) is 1.09. The zero-order valence-electron chi connectivity index (χ0n) is 11.7. The van der Waals surface area contributed by atoms with Crippen molar-refractivity contribution < 1.29 is 19.8 Å². The summed E-state index contributed by atoms with van der Waals surface area (Å²) in [6, 6.07) is -0.477. The van der Waals surface area contributed by atoms with Gasteiger partial charge in [-0.3, -0.25) is 4.79 Å². The highest BCUT2D eigenvalue weighted by Crippen LogP contribution is 2.31. The number of aliphatic carboxylic acids is 1. The molecular weight excluding hydrogens is 260 g/mol. The van der Waals surface area contributed by atoms with Crippen molar-refractivity contribution in [3.63, 3.8) is 0 Å². The molecule has 2 aliphatic carbocycles. The van der Waals surface area contributed by atoms with E-state index in [0.29, 0.717) is 13.0 Å². The fourth-order valence-corrected chi connectivity index (χ4v) is 3.33. The van der Waals surface area contributed by atoms with E-state index >= 15 is 0 Å². The molecule has 2 saturated carbocycles. The SMILES string of the molecule is O=C(NCC1CCCC1C(=O)O)NC1CCCCC1O. The minimum absolute atomic E-state index is 0.0227. The Bertz CT molecular complexity index is 361. The molecule has 2 amide bonds. The molecule has 20 heavy (non-hydrogen) atoms. The van der Waals surface area contributed by atoms with Gasteiger partial charge in [0.05, 0.1) is 18.1 Å². The Morgan fingerprint density at radius 3 is 2.50 bits per heavy atom. The van der Waals surface area contributed by atoms with E-state index in [1.165, 1.54) is 0 Å². The van der Waals surface area contributed by atoms with Crippen LogP contribution in [0.15, 0.2) is 0 Å². The molecule has 0 radical (unpaired) electrons. The van der Waals surface area contributed by atoms with Gasteiger partial charge in [0, 0.05) is 6.54 Å². The number of nitrogens with one attached hydrogen (secondary N) is 2. The van der Waals surface area contributed by atoms with Gasteiger partial charge in [-0.15, -0.1) is 0 Å². The van der Waals surface area contributed by atoms with Crippen LogP contribution in [0, 0.1) is 11.8 Å². The summed E-state index contributed by atoms with van der Waals surface area (Å²) in [4.78, 5) is 22.9. The van der Waals surface area contributed by atoms with E-state index in [4.69, 9.17) is 5.11 Å². The highest BCUT2D eigenvalue weighted by atomic mass is 16.4. The number of aliphatic hydroxyl groups is 1. The number of hydrogen-bond acceptors (Lipinski definition) is 3. The summed E-state index contributed by atoms with van der Waals surface area (Å²) in [6.45, 7) is 0.394. The molecule has 4 N–H and O–H groups in total. The molecule has 2 fully saturated rings. The lowest BCUT2D eigenvalue weighted by Gasteiger charge is -2.28. The topological polar surface area (TPSA) is 98.7 Å². The lowest BCUT2D eigenvalue weighted by molar-refractivity contribution is -0.142.